The molecule has 0 fully saturated rings. The molecule has 1 aromatic carbocycles. The number of hydrogen-bond donors (Lipinski definition) is 1. The van der Waals surface area contributed by atoms with Crippen LogP contribution < -0.4 is 10.1 Å². The summed E-state index contributed by atoms with van der Waals surface area (Å²) in [5.41, 5.74) is 1.53. The zero-order valence-corrected chi connectivity index (χ0v) is 9.39. The molecular formula is C11H12ClNO2. The highest BCUT2D eigenvalue weighted by Crippen LogP contribution is 2.32. The summed E-state index contributed by atoms with van der Waals surface area (Å²) < 4.78 is 5.07. The van der Waals surface area contributed by atoms with Crippen molar-refractivity contribution in [1.82, 2.24) is 5.32 Å². The fourth-order valence-corrected chi connectivity index (χ4v) is 2.19. The van der Waals surface area contributed by atoms with Crippen molar-refractivity contribution in [3.05, 3.63) is 28.3 Å². The summed E-state index contributed by atoms with van der Waals surface area (Å²) in [6, 6.07) is 3.86. The average Bonchev–Trinajstić information content (AvgIpc) is 2.17. The quantitative estimate of drug-likeness (QED) is 0.794. The van der Waals surface area contributed by atoms with E-state index in [0.29, 0.717) is 16.3 Å². The lowest BCUT2D eigenvalue weighted by atomic mass is 9.96. The number of methoxy groups -OCH3 is 1. The number of halogens is 1. The Hall–Kier alpha value is -1.22. The van der Waals surface area contributed by atoms with Gasteiger partial charge in [-0.05, 0) is 25.0 Å². The summed E-state index contributed by atoms with van der Waals surface area (Å²) in [6.45, 7) is 1.97. The number of fused-ring (bicyclic) bond motifs is 1. The van der Waals surface area contributed by atoms with Crippen molar-refractivity contribution in [2.45, 2.75) is 19.4 Å². The largest absolute Gasteiger partial charge is 0.495 e. The van der Waals surface area contributed by atoms with Crippen LogP contribution in [0.15, 0.2) is 12.1 Å². The molecule has 0 bridgehead atoms. The Morgan fingerprint density at radius 2 is 2.27 bits per heavy atom. The third-order valence-corrected chi connectivity index (χ3v) is 2.92. The number of ether oxygens (including phenoxy) is 1. The van der Waals surface area contributed by atoms with Crippen molar-refractivity contribution < 1.29 is 9.53 Å². The van der Waals surface area contributed by atoms with Crippen LogP contribution >= 0.6 is 11.6 Å². The summed E-state index contributed by atoms with van der Waals surface area (Å²) >= 11 is 6.08. The van der Waals surface area contributed by atoms with E-state index in [2.05, 4.69) is 5.32 Å². The first kappa shape index (κ1) is 10.3. The number of nitrogens with one attached hydrogen (secondary N) is 1. The number of rotatable bonds is 1. The second-order valence-electron chi connectivity index (χ2n) is 3.69. The molecule has 2 rings (SSSR count). The van der Waals surface area contributed by atoms with Gasteiger partial charge in [0.1, 0.15) is 5.75 Å². The van der Waals surface area contributed by atoms with Gasteiger partial charge in [-0.15, -0.1) is 0 Å². The second-order valence-corrected chi connectivity index (χ2v) is 4.07. The van der Waals surface area contributed by atoms with E-state index in [1.165, 1.54) is 7.11 Å². The van der Waals surface area contributed by atoms with Crippen LogP contribution in [0.3, 0.4) is 0 Å². The standard InChI is InChI=1S/C11H12ClNO2/c1-6-5-7-3-4-8(15-2)10(12)9(7)11(14)13-6/h3-4,6H,5H2,1-2H3,(H,13,14). The van der Waals surface area contributed by atoms with Crippen LogP contribution in [0.5, 0.6) is 5.75 Å². The Morgan fingerprint density at radius 1 is 1.53 bits per heavy atom. The summed E-state index contributed by atoms with van der Waals surface area (Å²) in [5.74, 6) is 0.424. The van der Waals surface area contributed by atoms with Crippen molar-refractivity contribution >= 4 is 17.5 Å². The summed E-state index contributed by atoms with van der Waals surface area (Å²) in [7, 11) is 1.54. The fraction of sp³-hybridized carbons (Fsp3) is 0.364. The van der Waals surface area contributed by atoms with Gasteiger partial charge in [0, 0.05) is 6.04 Å². The first-order valence-electron chi connectivity index (χ1n) is 4.79. The molecule has 15 heavy (non-hydrogen) atoms. The average molecular weight is 226 g/mol. The number of amides is 1. The van der Waals surface area contributed by atoms with Gasteiger partial charge < -0.3 is 10.1 Å². The van der Waals surface area contributed by atoms with E-state index in [4.69, 9.17) is 16.3 Å². The summed E-state index contributed by atoms with van der Waals surface area (Å²) in [4.78, 5) is 11.7. The third-order valence-electron chi connectivity index (χ3n) is 2.54. The van der Waals surface area contributed by atoms with Gasteiger partial charge in [0.25, 0.3) is 5.91 Å². The third kappa shape index (κ3) is 1.67. The van der Waals surface area contributed by atoms with Crippen LogP contribution in [0, 0.1) is 0 Å². The number of benzene rings is 1. The minimum Gasteiger partial charge on any atom is -0.495 e. The van der Waals surface area contributed by atoms with Crippen molar-refractivity contribution in [2.24, 2.45) is 0 Å². The van der Waals surface area contributed by atoms with Gasteiger partial charge >= 0.3 is 0 Å². The number of hydrogen-bond acceptors (Lipinski definition) is 2. The molecular weight excluding hydrogens is 214 g/mol. The van der Waals surface area contributed by atoms with Gasteiger partial charge in [-0.25, -0.2) is 0 Å². The number of carbonyl (C=O) groups excluding carboxylic acids is 1. The van der Waals surface area contributed by atoms with Crippen LogP contribution in [0.25, 0.3) is 0 Å². The molecule has 1 amide bonds. The normalized spacial score (nSPS) is 19.4. The Kier molecular flexibility index (Phi) is 2.57. The lowest BCUT2D eigenvalue weighted by Crippen LogP contribution is -2.39. The maximum Gasteiger partial charge on any atom is 0.253 e. The maximum atomic E-state index is 11.7. The molecule has 1 heterocycles. The molecule has 1 aliphatic rings. The lowest BCUT2D eigenvalue weighted by Gasteiger charge is -2.23. The Labute approximate surface area is 93.4 Å². The van der Waals surface area contributed by atoms with E-state index in [-0.39, 0.29) is 11.9 Å². The van der Waals surface area contributed by atoms with E-state index in [0.717, 1.165) is 12.0 Å². The zero-order valence-electron chi connectivity index (χ0n) is 8.63. The van der Waals surface area contributed by atoms with E-state index >= 15 is 0 Å². The Bertz CT molecular complexity index is 417. The monoisotopic (exact) mass is 225 g/mol. The summed E-state index contributed by atoms with van der Waals surface area (Å²) in [6.07, 6.45) is 0.810. The van der Waals surface area contributed by atoms with Crippen molar-refractivity contribution in [3.63, 3.8) is 0 Å². The van der Waals surface area contributed by atoms with E-state index < -0.39 is 0 Å². The molecule has 80 valence electrons. The van der Waals surface area contributed by atoms with Crippen LogP contribution in [0.1, 0.15) is 22.8 Å². The predicted octanol–water partition coefficient (Wildman–Crippen LogP) is 2.02. The molecule has 0 aliphatic carbocycles. The number of carbonyl (C=O) groups is 1. The minimum absolute atomic E-state index is 0.118. The molecule has 1 aliphatic heterocycles. The molecule has 1 N–H and O–H groups in total. The summed E-state index contributed by atoms with van der Waals surface area (Å²) in [5, 5.41) is 3.25. The molecule has 0 saturated heterocycles. The van der Waals surface area contributed by atoms with Gasteiger partial charge in [0.2, 0.25) is 0 Å². The Morgan fingerprint density at radius 3 is 2.93 bits per heavy atom. The van der Waals surface area contributed by atoms with Crippen LogP contribution in [-0.4, -0.2) is 19.1 Å². The van der Waals surface area contributed by atoms with Gasteiger partial charge in [-0.3, -0.25) is 4.79 Å². The molecule has 1 aromatic rings. The van der Waals surface area contributed by atoms with Crippen molar-refractivity contribution in [3.8, 4) is 5.75 Å². The molecule has 3 nitrogen and oxygen atoms in total. The molecule has 1 atom stereocenters. The first-order valence-corrected chi connectivity index (χ1v) is 5.17. The highest BCUT2D eigenvalue weighted by molar-refractivity contribution is 6.35. The van der Waals surface area contributed by atoms with Crippen molar-refractivity contribution in [1.29, 1.82) is 0 Å². The smallest absolute Gasteiger partial charge is 0.253 e. The van der Waals surface area contributed by atoms with Gasteiger partial charge in [-0.1, -0.05) is 17.7 Å². The maximum absolute atomic E-state index is 11.7. The second kappa shape index (κ2) is 3.74. The van der Waals surface area contributed by atoms with E-state index in [9.17, 15) is 4.79 Å². The predicted molar refractivity (Wildman–Crippen MR) is 58.6 cm³/mol. The van der Waals surface area contributed by atoms with Gasteiger partial charge in [0.05, 0.1) is 17.7 Å². The topological polar surface area (TPSA) is 38.3 Å². The van der Waals surface area contributed by atoms with E-state index in [1.807, 2.05) is 13.0 Å². The highest BCUT2D eigenvalue weighted by Gasteiger charge is 2.25. The van der Waals surface area contributed by atoms with E-state index in [1.54, 1.807) is 6.07 Å². The van der Waals surface area contributed by atoms with Gasteiger partial charge in [-0.2, -0.15) is 0 Å². The molecule has 0 spiro atoms. The first-order chi connectivity index (χ1) is 7.13. The lowest BCUT2D eigenvalue weighted by molar-refractivity contribution is 0.0929. The fourth-order valence-electron chi connectivity index (χ4n) is 1.85. The molecule has 1 unspecified atom stereocenters. The molecule has 0 saturated carbocycles. The van der Waals surface area contributed by atoms with Crippen LogP contribution in [0.4, 0.5) is 0 Å². The zero-order chi connectivity index (χ0) is 11.0. The molecule has 0 radical (unpaired) electrons. The van der Waals surface area contributed by atoms with Crippen molar-refractivity contribution in [2.75, 3.05) is 7.11 Å². The Balaban J connectivity index is 2.56. The molecule has 4 heteroatoms. The van der Waals surface area contributed by atoms with Gasteiger partial charge in [0.15, 0.2) is 0 Å². The minimum atomic E-state index is -0.118. The van der Waals surface area contributed by atoms with Crippen LogP contribution in [0.2, 0.25) is 5.02 Å². The highest BCUT2D eigenvalue weighted by atomic mass is 35.5. The van der Waals surface area contributed by atoms with Crippen LogP contribution in [-0.2, 0) is 6.42 Å². The SMILES string of the molecule is COc1ccc2c(c1Cl)C(=O)NC(C)C2. The molecule has 0 aromatic heterocycles.